The molecule has 1 aromatic heterocycles. The highest BCUT2D eigenvalue weighted by atomic mass is 16.3. The monoisotopic (exact) mass is 318 g/mol. The van der Waals surface area contributed by atoms with E-state index in [9.17, 15) is 5.11 Å². The SMILES string of the molecule is CC(O)n1ncc(N=Cc2ccccc2)c1N=Cc1ccccc1. The van der Waals surface area contributed by atoms with Crippen LogP contribution in [0.25, 0.3) is 0 Å². The smallest absolute Gasteiger partial charge is 0.179 e. The average Bonchev–Trinajstić information content (AvgIpc) is 3.03. The summed E-state index contributed by atoms with van der Waals surface area (Å²) >= 11 is 0. The number of benzene rings is 2. The van der Waals surface area contributed by atoms with Gasteiger partial charge in [0.15, 0.2) is 5.82 Å². The molecule has 24 heavy (non-hydrogen) atoms. The number of hydrogen-bond donors (Lipinski definition) is 1. The standard InChI is InChI=1S/C19H18N4O/c1-15(24)23-19(21-13-17-10-6-3-7-11-17)18(14-22-23)20-12-16-8-4-2-5-9-16/h2-15,24H,1H3. The number of aliphatic imine (C=N–C) groups is 2. The minimum atomic E-state index is -0.784. The van der Waals surface area contributed by atoms with Crippen LogP contribution in [0.3, 0.4) is 0 Å². The largest absolute Gasteiger partial charge is 0.372 e. The summed E-state index contributed by atoms with van der Waals surface area (Å²) in [7, 11) is 0. The third-order valence-corrected chi connectivity index (χ3v) is 3.39. The van der Waals surface area contributed by atoms with Gasteiger partial charge in [-0.25, -0.2) is 9.67 Å². The van der Waals surface area contributed by atoms with Crippen molar-refractivity contribution in [3.05, 3.63) is 78.0 Å². The second-order valence-corrected chi connectivity index (χ2v) is 5.27. The zero-order chi connectivity index (χ0) is 16.8. The molecule has 1 atom stereocenters. The highest BCUT2D eigenvalue weighted by Crippen LogP contribution is 2.29. The molecule has 0 spiro atoms. The third kappa shape index (κ3) is 3.83. The summed E-state index contributed by atoms with van der Waals surface area (Å²) in [4.78, 5) is 8.93. The lowest BCUT2D eigenvalue weighted by atomic mass is 10.2. The molecule has 120 valence electrons. The van der Waals surface area contributed by atoms with E-state index in [-0.39, 0.29) is 0 Å². The van der Waals surface area contributed by atoms with Crippen molar-refractivity contribution >= 4 is 23.9 Å². The summed E-state index contributed by atoms with van der Waals surface area (Å²) < 4.78 is 1.44. The number of nitrogens with zero attached hydrogens (tertiary/aromatic N) is 4. The van der Waals surface area contributed by atoms with Gasteiger partial charge in [0.2, 0.25) is 0 Å². The van der Waals surface area contributed by atoms with Gasteiger partial charge in [-0.1, -0.05) is 60.7 Å². The Hall–Kier alpha value is -3.05. The molecule has 5 nitrogen and oxygen atoms in total. The van der Waals surface area contributed by atoms with Gasteiger partial charge in [-0.2, -0.15) is 5.10 Å². The van der Waals surface area contributed by atoms with Crippen LogP contribution in [0.1, 0.15) is 24.3 Å². The van der Waals surface area contributed by atoms with Crippen molar-refractivity contribution in [2.24, 2.45) is 9.98 Å². The molecule has 0 amide bonds. The first-order valence-corrected chi connectivity index (χ1v) is 7.68. The van der Waals surface area contributed by atoms with Crippen LogP contribution in [0.5, 0.6) is 0 Å². The zero-order valence-corrected chi connectivity index (χ0v) is 13.3. The van der Waals surface area contributed by atoms with Gasteiger partial charge in [-0.05, 0) is 18.1 Å². The third-order valence-electron chi connectivity index (χ3n) is 3.39. The molecule has 5 heteroatoms. The van der Waals surface area contributed by atoms with Crippen LogP contribution in [0.4, 0.5) is 11.5 Å². The van der Waals surface area contributed by atoms with Crippen molar-refractivity contribution in [2.75, 3.05) is 0 Å². The molecule has 0 bridgehead atoms. The summed E-state index contributed by atoms with van der Waals surface area (Å²) in [5, 5.41) is 14.1. The van der Waals surface area contributed by atoms with Crippen LogP contribution in [0.2, 0.25) is 0 Å². The van der Waals surface area contributed by atoms with Crippen molar-refractivity contribution in [1.29, 1.82) is 0 Å². The summed E-state index contributed by atoms with van der Waals surface area (Å²) in [5.74, 6) is 0.515. The Labute approximate surface area is 140 Å². The lowest BCUT2D eigenvalue weighted by Gasteiger charge is -2.06. The molecule has 0 saturated carbocycles. The van der Waals surface area contributed by atoms with Gasteiger partial charge in [-0.3, -0.25) is 4.99 Å². The molecule has 0 aliphatic heterocycles. The Balaban J connectivity index is 1.92. The second kappa shape index (κ2) is 7.48. The van der Waals surface area contributed by atoms with E-state index in [2.05, 4.69) is 15.1 Å². The fourth-order valence-electron chi connectivity index (χ4n) is 2.19. The quantitative estimate of drug-likeness (QED) is 0.725. The van der Waals surface area contributed by atoms with Gasteiger partial charge in [0.05, 0.1) is 6.20 Å². The molecule has 1 unspecified atom stereocenters. The maximum atomic E-state index is 9.88. The van der Waals surface area contributed by atoms with Crippen LogP contribution >= 0.6 is 0 Å². The first kappa shape index (κ1) is 15.8. The zero-order valence-electron chi connectivity index (χ0n) is 13.3. The number of aromatic nitrogens is 2. The van der Waals surface area contributed by atoms with Crippen LogP contribution in [0, 0.1) is 0 Å². The number of hydrogen-bond acceptors (Lipinski definition) is 4. The molecule has 0 aliphatic carbocycles. The Morgan fingerprint density at radius 3 is 2.00 bits per heavy atom. The first-order valence-electron chi connectivity index (χ1n) is 7.68. The Morgan fingerprint density at radius 2 is 1.46 bits per heavy atom. The van der Waals surface area contributed by atoms with E-state index in [4.69, 9.17) is 0 Å². The molecule has 3 aromatic rings. The van der Waals surface area contributed by atoms with Crippen molar-refractivity contribution in [2.45, 2.75) is 13.2 Å². The van der Waals surface area contributed by atoms with E-state index < -0.39 is 6.23 Å². The van der Waals surface area contributed by atoms with Crippen molar-refractivity contribution in [3.8, 4) is 0 Å². The molecular weight excluding hydrogens is 300 g/mol. The second-order valence-electron chi connectivity index (χ2n) is 5.27. The van der Waals surface area contributed by atoms with Gasteiger partial charge in [0.25, 0.3) is 0 Å². The Morgan fingerprint density at radius 1 is 0.917 bits per heavy atom. The van der Waals surface area contributed by atoms with Crippen molar-refractivity contribution in [1.82, 2.24) is 9.78 Å². The highest BCUT2D eigenvalue weighted by molar-refractivity contribution is 5.85. The summed E-state index contributed by atoms with van der Waals surface area (Å²) in [5.41, 5.74) is 2.56. The molecule has 1 N–H and O–H groups in total. The van der Waals surface area contributed by atoms with Crippen LogP contribution in [0.15, 0.2) is 76.8 Å². The van der Waals surface area contributed by atoms with Gasteiger partial charge in [-0.15, -0.1) is 0 Å². The molecule has 0 saturated heterocycles. The molecule has 0 radical (unpaired) electrons. The minimum absolute atomic E-state index is 0.515. The number of rotatable bonds is 5. The highest BCUT2D eigenvalue weighted by Gasteiger charge is 2.12. The van der Waals surface area contributed by atoms with Crippen LogP contribution < -0.4 is 0 Å². The predicted octanol–water partition coefficient (Wildman–Crippen LogP) is 3.90. The lowest BCUT2D eigenvalue weighted by molar-refractivity contribution is 0.112. The maximum Gasteiger partial charge on any atom is 0.179 e. The molecule has 0 fully saturated rings. The van der Waals surface area contributed by atoms with E-state index in [0.717, 1.165) is 11.1 Å². The number of aliphatic hydroxyl groups excluding tert-OH is 1. The summed E-state index contributed by atoms with van der Waals surface area (Å²) in [6.45, 7) is 1.64. The van der Waals surface area contributed by atoms with Crippen molar-refractivity contribution < 1.29 is 5.11 Å². The normalized spacial score (nSPS) is 12.9. The van der Waals surface area contributed by atoms with Gasteiger partial charge in [0, 0.05) is 12.4 Å². The maximum absolute atomic E-state index is 9.88. The lowest BCUT2D eigenvalue weighted by Crippen LogP contribution is -2.04. The van der Waals surface area contributed by atoms with Gasteiger partial charge < -0.3 is 5.11 Å². The topological polar surface area (TPSA) is 62.8 Å². The summed E-state index contributed by atoms with van der Waals surface area (Å²) in [6, 6.07) is 19.6. The van der Waals surface area contributed by atoms with Crippen LogP contribution in [-0.4, -0.2) is 27.3 Å². The molecule has 1 heterocycles. The summed E-state index contributed by atoms with van der Waals surface area (Å²) in [6.07, 6.45) is 4.31. The van der Waals surface area contributed by atoms with E-state index in [1.807, 2.05) is 60.7 Å². The predicted molar refractivity (Wildman–Crippen MR) is 96.5 cm³/mol. The van der Waals surface area contributed by atoms with Crippen molar-refractivity contribution in [3.63, 3.8) is 0 Å². The Kier molecular flexibility index (Phi) is 4.93. The van der Waals surface area contributed by atoms with Crippen LogP contribution in [-0.2, 0) is 0 Å². The van der Waals surface area contributed by atoms with Gasteiger partial charge in [0.1, 0.15) is 11.9 Å². The van der Waals surface area contributed by atoms with E-state index in [0.29, 0.717) is 11.5 Å². The van der Waals surface area contributed by atoms with E-state index in [1.54, 1.807) is 25.5 Å². The van der Waals surface area contributed by atoms with E-state index in [1.165, 1.54) is 4.68 Å². The fourth-order valence-corrected chi connectivity index (χ4v) is 2.19. The minimum Gasteiger partial charge on any atom is -0.372 e. The van der Waals surface area contributed by atoms with Gasteiger partial charge >= 0.3 is 0 Å². The first-order chi connectivity index (χ1) is 11.7. The average molecular weight is 318 g/mol. The number of aliphatic hydroxyl groups is 1. The molecular formula is C19H18N4O. The fraction of sp³-hybridized carbons (Fsp3) is 0.105. The molecule has 0 aliphatic rings. The molecule has 3 rings (SSSR count). The van der Waals surface area contributed by atoms with E-state index >= 15 is 0 Å². The molecule has 2 aromatic carbocycles. The Bertz CT molecular complexity index is 836.